The second-order valence-corrected chi connectivity index (χ2v) is 4.28. The highest BCUT2D eigenvalue weighted by Crippen LogP contribution is 2.48. The van der Waals surface area contributed by atoms with Crippen molar-refractivity contribution in [3.63, 3.8) is 0 Å². The van der Waals surface area contributed by atoms with Crippen LogP contribution in [-0.2, 0) is 11.7 Å². The second-order valence-electron chi connectivity index (χ2n) is 3.84. The third kappa shape index (κ3) is 1.96. The molecule has 1 aromatic carbocycles. The van der Waals surface area contributed by atoms with E-state index in [1.165, 1.54) is 12.1 Å². The molecule has 1 nitrogen and oxygen atoms in total. The third-order valence-electron chi connectivity index (χ3n) is 2.61. The standard InChI is InChI=1S/C10H9ClF3N/c11-6-1-2-7(9(15)3-4-9)8(5-6)10(12,13)14/h1-2,5H,3-4,15H2. The summed E-state index contributed by atoms with van der Waals surface area (Å²) < 4.78 is 38.0. The Kier molecular flexibility index (Phi) is 2.24. The van der Waals surface area contributed by atoms with Gasteiger partial charge < -0.3 is 5.73 Å². The molecule has 0 heterocycles. The minimum atomic E-state index is -4.39. The third-order valence-corrected chi connectivity index (χ3v) is 2.85. The summed E-state index contributed by atoms with van der Waals surface area (Å²) >= 11 is 5.55. The van der Waals surface area contributed by atoms with Gasteiger partial charge in [0, 0.05) is 10.6 Å². The van der Waals surface area contributed by atoms with E-state index in [4.69, 9.17) is 17.3 Å². The summed E-state index contributed by atoms with van der Waals surface area (Å²) in [5.74, 6) is 0. The first-order valence-electron chi connectivity index (χ1n) is 4.49. The molecule has 0 bridgehead atoms. The van der Waals surface area contributed by atoms with Crippen LogP contribution in [0.15, 0.2) is 18.2 Å². The van der Waals surface area contributed by atoms with Crippen LogP contribution in [0.3, 0.4) is 0 Å². The fourth-order valence-electron chi connectivity index (χ4n) is 1.59. The summed E-state index contributed by atoms with van der Waals surface area (Å²) in [7, 11) is 0. The van der Waals surface area contributed by atoms with E-state index in [2.05, 4.69) is 0 Å². The van der Waals surface area contributed by atoms with E-state index in [1.807, 2.05) is 0 Å². The van der Waals surface area contributed by atoms with Gasteiger partial charge in [0.25, 0.3) is 0 Å². The molecule has 1 aliphatic rings. The molecular weight excluding hydrogens is 227 g/mol. The van der Waals surface area contributed by atoms with Crippen LogP contribution >= 0.6 is 11.6 Å². The normalized spacial score (nSPS) is 19.0. The van der Waals surface area contributed by atoms with Crippen molar-refractivity contribution in [2.45, 2.75) is 24.6 Å². The average molecular weight is 236 g/mol. The fourth-order valence-corrected chi connectivity index (χ4v) is 1.76. The monoisotopic (exact) mass is 235 g/mol. The molecule has 0 aromatic heterocycles. The Hall–Kier alpha value is -0.740. The molecule has 0 amide bonds. The second kappa shape index (κ2) is 3.12. The predicted octanol–water partition coefficient (Wildman–Crippen LogP) is 3.31. The SMILES string of the molecule is NC1(c2ccc(Cl)cc2C(F)(F)F)CC1. The molecule has 1 fully saturated rings. The highest BCUT2D eigenvalue weighted by molar-refractivity contribution is 6.30. The number of hydrogen-bond donors (Lipinski definition) is 1. The lowest BCUT2D eigenvalue weighted by Gasteiger charge is -2.17. The van der Waals surface area contributed by atoms with E-state index in [9.17, 15) is 13.2 Å². The number of hydrogen-bond acceptors (Lipinski definition) is 1. The molecule has 15 heavy (non-hydrogen) atoms. The summed E-state index contributed by atoms with van der Waals surface area (Å²) in [5.41, 5.74) is 4.42. The zero-order chi connectivity index (χ0) is 11.3. The molecular formula is C10H9ClF3N. The Bertz CT molecular complexity index is 396. The topological polar surface area (TPSA) is 26.0 Å². The number of benzene rings is 1. The minimum Gasteiger partial charge on any atom is -0.321 e. The smallest absolute Gasteiger partial charge is 0.321 e. The Morgan fingerprint density at radius 1 is 1.27 bits per heavy atom. The maximum Gasteiger partial charge on any atom is 0.416 e. The Morgan fingerprint density at radius 3 is 2.33 bits per heavy atom. The van der Waals surface area contributed by atoms with Crippen LogP contribution in [0.25, 0.3) is 0 Å². The van der Waals surface area contributed by atoms with Crippen LogP contribution < -0.4 is 5.73 Å². The molecule has 0 radical (unpaired) electrons. The van der Waals surface area contributed by atoms with Crippen molar-refractivity contribution >= 4 is 11.6 Å². The number of rotatable bonds is 1. The van der Waals surface area contributed by atoms with Crippen molar-refractivity contribution in [3.05, 3.63) is 34.3 Å². The van der Waals surface area contributed by atoms with Gasteiger partial charge in [0.05, 0.1) is 5.56 Å². The summed E-state index contributed by atoms with van der Waals surface area (Å²) in [6, 6.07) is 3.75. The number of alkyl halides is 3. The van der Waals surface area contributed by atoms with Gasteiger partial charge in [0.1, 0.15) is 0 Å². The maximum atomic E-state index is 12.7. The summed E-state index contributed by atoms with van der Waals surface area (Å²) in [5, 5.41) is 0.0790. The quantitative estimate of drug-likeness (QED) is 0.794. The van der Waals surface area contributed by atoms with Gasteiger partial charge in [-0.3, -0.25) is 0 Å². The molecule has 0 aliphatic heterocycles. The van der Waals surface area contributed by atoms with Crippen molar-refractivity contribution in [2.24, 2.45) is 5.73 Å². The van der Waals surface area contributed by atoms with Crippen LogP contribution in [0.1, 0.15) is 24.0 Å². The lowest BCUT2D eigenvalue weighted by molar-refractivity contribution is -0.138. The zero-order valence-electron chi connectivity index (χ0n) is 7.74. The van der Waals surface area contributed by atoms with Crippen molar-refractivity contribution in [3.8, 4) is 0 Å². The van der Waals surface area contributed by atoms with Crippen molar-refractivity contribution < 1.29 is 13.2 Å². The van der Waals surface area contributed by atoms with Crippen LogP contribution in [0.2, 0.25) is 5.02 Å². The molecule has 1 aliphatic carbocycles. The highest BCUT2D eigenvalue weighted by atomic mass is 35.5. The first-order valence-corrected chi connectivity index (χ1v) is 4.87. The van der Waals surface area contributed by atoms with Gasteiger partial charge in [-0.15, -0.1) is 0 Å². The van der Waals surface area contributed by atoms with E-state index in [-0.39, 0.29) is 10.6 Å². The molecule has 82 valence electrons. The molecule has 0 unspecified atom stereocenters. The van der Waals surface area contributed by atoms with E-state index in [1.54, 1.807) is 0 Å². The summed E-state index contributed by atoms with van der Waals surface area (Å²) in [4.78, 5) is 0. The predicted molar refractivity (Wildman–Crippen MR) is 51.6 cm³/mol. The van der Waals surface area contributed by atoms with E-state index < -0.39 is 17.3 Å². The molecule has 1 saturated carbocycles. The lowest BCUT2D eigenvalue weighted by Crippen LogP contribution is -2.23. The van der Waals surface area contributed by atoms with Gasteiger partial charge in [-0.05, 0) is 30.5 Å². The molecule has 1 aromatic rings. The highest BCUT2D eigenvalue weighted by Gasteiger charge is 2.46. The van der Waals surface area contributed by atoms with Crippen molar-refractivity contribution in [1.82, 2.24) is 0 Å². The van der Waals surface area contributed by atoms with Gasteiger partial charge in [0.2, 0.25) is 0 Å². The first-order chi connectivity index (χ1) is 6.83. The summed E-state index contributed by atoms with van der Waals surface area (Å²) in [6.07, 6.45) is -3.20. The molecule has 2 N–H and O–H groups in total. The maximum absolute atomic E-state index is 12.7. The van der Waals surface area contributed by atoms with Crippen LogP contribution in [-0.4, -0.2) is 0 Å². The van der Waals surface area contributed by atoms with Crippen LogP contribution in [0, 0.1) is 0 Å². The Morgan fingerprint density at radius 2 is 1.87 bits per heavy atom. The molecule has 0 atom stereocenters. The Balaban J connectivity index is 2.55. The van der Waals surface area contributed by atoms with Gasteiger partial charge in [0.15, 0.2) is 0 Å². The average Bonchev–Trinajstić information content (AvgIpc) is 2.83. The van der Waals surface area contributed by atoms with E-state index >= 15 is 0 Å². The number of nitrogens with two attached hydrogens (primary N) is 1. The molecule has 0 spiro atoms. The molecule has 5 heteroatoms. The lowest BCUT2D eigenvalue weighted by atomic mass is 9.99. The summed E-state index contributed by atoms with van der Waals surface area (Å²) in [6.45, 7) is 0. The largest absolute Gasteiger partial charge is 0.416 e. The van der Waals surface area contributed by atoms with Crippen molar-refractivity contribution in [1.29, 1.82) is 0 Å². The minimum absolute atomic E-state index is 0.0790. The van der Waals surface area contributed by atoms with Gasteiger partial charge in [-0.25, -0.2) is 0 Å². The fraction of sp³-hybridized carbons (Fsp3) is 0.400. The molecule has 0 saturated heterocycles. The van der Waals surface area contributed by atoms with Crippen LogP contribution in [0.5, 0.6) is 0 Å². The van der Waals surface area contributed by atoms with Gasteiger partial charge in [-0.2, -0.15) is 13.2 Å². The zero-order valence-corrected chi connectivity index (χ0v) is 8.49. The van der Waals surface area contributed by atoms with Crippen molar-refractivity contribution in [2.75, 3.05) is 0 Å². The number of halogens is 4. The van der Waals surface area contributed by atoms with Gasteiger partial charge in [-0.1, -0.05) is 17.7 Å². The first kappa shape index (κ1) is 10.8. The Labute approximate surface area is 90.0 Å². The van der Waals surface area contributed by atoms with E-state index in [0.29, 0.717) is 12.8 Å². The van der Waals surface area contributed by atoms with E-state index in [0.717, 1.165) is 6.07 Å². The van der Waals surface area contributed by atoms with Gasteiger partial charge >= 0.3 is 6.18 Å². The van der Waals surface area contributed by atoms with Crippen LogP contribution in [0.4, 0.5) is 13.2 Å². The molecule has 2 rings (SSSR count).